The van der Waals surface area contributed by atoms with E-state index in [4.69, 9.17) is 10.2 Å². The van der Waals surface area contributed by atoms with Gasteiger partial charge >= 0.3 is 0 Å². The van der Waals surface area contributed by atoms with Gasteiger partial charge < -0.3 is 0 Å². The Morgan fingerprint density at radius 1 is 0.171 bits per heavy atom. The summed E-state index contributed by atoms with van der Waals surface area (Å²) in [5.41, 5.74) is 9.85. The van der Waals surface area contributed by atoms with Gasteiger partial charge in [-0.05, 0) is 66.8 Å². The Kier molecular flexibility index (Phi) is 15.1. The number of hydrogen-bond donors (Lipinski definition) is 2. The maximum atomic E-state index is 4.87. The summed E-state index contributed by atoms with van der Waals surface area (Å²) in [5.74, 6) is 0. The topological polar surface area (TPSA) is 30.5 Å². The molecule has 0 aromatic heterocycles. The van der Waals surface area contributed by atoms with Crippen LogP contribution in [0.1, 0.15) is 66.8 Å². The molecule has 1 aliphatic heterocycles. The molecule has 0 amide bonds. The maximum Gasteiger partial charge on any atom is 0.133 e. The number of nitrogens with one attached hydrogen (secondary N) is 2. The summed E-state index contributed by atoms with van der Waals surface area (Å²) in [5, 5.41) is 9.75. The van der Waals surface area contributed by atoms with Gasteiger partial charge in [-0.2, -0.15) is 8.88 Å². The quantitative estimate of drug-likeness (QED) is 0.0662. The van der Waals surface area contributed by atoms with E-state index in [1.54, 1.807) is 0 Å². The van der Waals surface area contributed by atoms with Crippen molar-refractivity contribution < 1.29 is 0 Å². The summed E-state index contributed by atoms with van der Waals surface area (Å²) in [4.78, 5) is 0. The first-order chi connectivity index (χ1) is 40.7. The van der Waals surface area contributed by atoms with Crippen LogP contribution in [0.2, 0.25) is 0 Å². The molecule has 12 aromatic carbocycles. The minimum atomic E-state index is -1.82. The molecule has 1 heterocycles. The lowest BCUT2D eigenvalue weighted by atomic mass is 9.77. The van der Waals surface area contributed by atoms with Gasteiger partial charge in [0, 0.05) is 0 Å². The van der Waals surface area contributed by atoms with Crippen LogP contribution >= 0.6 is 16.7 Å². The highest BCUT2D eigenvalue weighted by atomic mass is 31.3. The Labute approximate surface area is 485 Å². The Balaban J connectivity index is 1.25. The molecule has 1 saturated heterocycles. The predicted molar refractivity (Wildman–Crippen MR) is 341 cm³/mol. The summed E-state index contributed by atoms with van der Waals surface area (Å²) < 4.78 is 5.82. The van der Waals surface area contributed by atoms with Gasteiger partial charge in [0.15, 0.2) is 0 Å². The molecule has 0 radical (unpaired) electrons. The molecule has 0 atom stereocenters. The molecule has 2 N–H and O–H groups in total. The minimum absolute atomic E-state index is 0.936. The third kappa shape index (κ3) is 9.06. The number of benzene rings is 12. The first-order valence-electron chi connectivity index (χ1n) is 28.1. The second-order valence-electron chi connectivity index (χ2n) is 20.7. The lowest BCUT2D eigenvalue weighted by Crippen LogP contribution is -2.65. The van der Waals surface area contributed by atoms with Crippen LogP contribution in [0.4, 0.5) is 0 Å². The first kappa shape index (κ1) is 52.7. The Bertz CT molecular complexity index is 3260. The van der Waals surface area contributed by atoms with Crippen molar-refractivity contribution >= 4 is 16.7 Å². The van der Waals surface area contributed by atoms with E-state index in [0.717, 1.165) is 66.8 Å². The second kappa shape index (κ2) is 23.4. The predicted octanol–water partition coefficient (Wildman–Crippen LogP) is 18.2. The van der Waals surface area contributed by atoms with Crippen LogP contribution in [0.15, 0.2) is 364 Å². The zero-order valence-electron chi connectivity index (χ0n) is 45.4. The highest BCUT2D eigenvalue weighted by Crippen LogP contribution is 2.84. The standard InChI is InChI=1S/C76H62N4P2/c1-13-37-61(38-14-1)73(62-39-15-2-16-40-62,63-41-17-3-18-42-63)77-81-79(75(67-49-25-7-26-50-67,68-51-27-8-28-52-68)69-53-29-9-30-54-69)82(78-74(64-43-19-4-20-44-64,65-45-21-5-22-46-65)66-47-23-6-24-48-66)80(81)76(70-55-31-10-32-56-70,71-57-33-11-34-58-71)72-59-35-12-36-60-72/h1-60,77-78H. The van der Waals surface area contributed by atoms with Gasteiger partial charge in [-0.15, -0.1) is 0 Å². The normalized spacial score (nSPS) is 15.1. The summed E-state index contributed by atoms with van der Waals surface area (Å²) in [7, 11) is -3.63. The fraction of sp³-hybridized carbons (Fsp3) is 0.0526. The van der Waals surface area contributed by atoms with E-state index in [1.165, 1.54) is 0 Å². The van der Waals surface area contributed by atoms with Crippen LogP contribution < -0.4 is 10.2 Å². The lowest BCUT2D eigenvalue weighted by molar-refractivity contribution is 0.294. The lowest BCUT2D eigenvalue weighted by Gasteiger charge is -2.69. The third-order valence-electron chi connectivity index (χ3n) is 16.2. The maximum absolute atomic E-state index is 4.87. The summed E-state index contributed by atoms with van der Waals surface area (Å²) >= 11 is 0. The van der Waals surface area contributed by atoms with E-state index in [1.807, 2.05) is 0 Å². The SMILES string of the molecule is c1ccc(C(NP2N(C(c3ccccc3)(c3ccccc3)c3ccccc3)P(NC(c3ccccc3)(c3ccccc3)c3ccccc3)N2C(c2ccccc2)(c2ccccc2)c2ccccc2)(c2ccccc2)c2ccccc2)cc1. The Morgan fingerprint density at radius 2 is 0.293 bits per heavy atom. The molecule has 1 fully saturated rings. The van der Waals surface area contributed by atoms with E-state index in [2.05, 4.69) is 373 Å². The van der Waals surface area contributed by atoms with Crippen LogP contribution in [0.25, 0.3) is 0 Å². The second-order valence-corrected chi connectivity index (χ2v) is 24.5. The Morgan fingerprint density at radius 3 is 0.427 bits per heavy atom. The van der Waals surface area contributed by atoms with Crippen molar-refractivity contribution in [1.82, 2.24) is 19.1 Å². The van der Waals surface area contributed by atoms with E-state index < -0.39 is 38.9 Å². The van der Waals surface area contributed by atoms with Gasteiger partial charge in [-0.3, -0.25) is 10.2 Å². The van der Waals surface area contributed by atoms with Crippen molar-refractivity contribution in [1.29, 1.82) is 0 Å². The summed E-state index contributed by atoms with van der Waals surface area (Å²) in [6.45, 7) is 0. The number of nitrogens with zero attached hydrogens (tertiary/aromatic N) is 2. The zero-order valence-corrected chi connectivity index (χ0v) is 47.2. The molecule has 0 saturated carbocycles. The molecule has 6 heteroatoms. The third-order valence-corrected chi connectivity index (χ3v) is 22.0. The van der Waals surface area contributed by atoms with Crippen molar-refractivity contribution in [2.45, 2.75) is 22.2 Å². The van der Waals surface area contributed by atoms with Crippen molar-refractivity contribution in [3.63, 3.8) is 0 Å². The summed E-state index contributed by atoms with van der Waals surface area (Å²) in [6.07, 6.45) is 0. The molecule has 0 unspecified atom stereocenters. The highest BCUT2D eigenvalue weighted by Gasteiger charge is 2.68. The van der Waals surface area contributed by atoms with Gasteiger partial charge in [0.25, 0.3) is 0 Å². The number of rotatable bonds is 18. The molecule has 0 spiro atoms. The van der Waals surface area contributed by atoms with Gasteiger partial charge in [-0.1, -0.05) is 364 Å². The fourth-order valence-electron chi connectivity index (χ4n) is 12.6. The van der Waals surface area contributed by atoms with Gasteiger partial charge in [0.1, 0.15) is 27.8 Å². The van der Waals surface area contributed by atoms with Crippen LogP contribution in [0.5, 0.6) is 0 Å². The fourth-order valence-corrected chi connectivity index (χ4v) is 19.5. The monoisotopic (exact) mass is 1090 g/mol. The van der Waals surface area contributed by atoms with Crippen molar-refractivity contribution in [3.8, 4) is 0 Å². The van der Waals surface area contributed by atoms with Crippen LogP contribution in [0, 0.1) is 0 Å². The van der Waals surface area contributed by atoms with Gasteiger partial charge in [-0.25, -0.2) is 0 Å². The molecule has 82 heavy (non-hydrogen) atoms. The van der Waals surface area contributed by atoms with Crippen molar-refractivity contribution in [2.75, 3.05) is 0 Å². The van der Waals surface area contributed by atoms with Crippen LogP contribution in [-0.2, 0) is 22.2 Å². The molecule has 0 aliphatic carbocycles. The molecule has 396 valence electrons. The van der Waals surface area contributed by atoms with E-state index >= 15 is 0 Å². The van der Waals surface area contributed by atoms with E-state index in [0.29, 0.717) is 0 Å². The molecule has 1 aliphatic rings. The highest BCUT2D eigenvalue weighted by molar-refractivity contribution is 7.80. The van der Waals surface area contributed by atoms with Gasteiger partial charge in [0.2, 0.25) is 0 Å². The number of hydrogen-bond acceptors (Lipinski definition) is 4. The molecule has 0 bridgehead atoms. The van der Waals surface area contributed by atoms with E-state index in [-0.39, 0.29) is 0 Å². The van der Waals surface area contributed by atoms with Gasteiger partial charge in [0.05, 0.1) is 11.1 Å². The summed E-state index contributed by atoms with van der Waals surface area (Å²) in [6, 6.07) is 134. The van der Waals surface area contributed by atoms with Crippen molar-refractivity contribution in [2.24, 2.45) is 0 Å². The largest absolute Gasteiger partial charge is 0.252 e. The molecule has 12 aromatic rings. The zero-order chi connectivity index (χ0) is 55.1. The first-order valence-corrected chi connectivity index (χ1v) is 30.6. The van der Waals surface area contributed by atoms with Crippen LogP contribution in [0.3, 0.4) is 0 Å². The average molecular weight is 1090 g/mol. The molecular weight excluding hydrogens is 1030 g/mol. The minimum Gasteiger partial charge on any atom is -0.252 e. The molecule has 13 rings (SSSR count). The molecule has 4 nitrogen and oxygen atoms in total. The average Bonchev–Trinajstić information content (AvgIpc) is 3.63. The van der Waals surface area contributed by atoms with Crippen molar-refractivity contribution in [3.05, 3.63) is 431 Å². The van der Waals surface area contributed by atoms with E-state index in [9.17, 15) is 0 Å². The smallest absolute Gasteiger partial charge is 0.133 e. The molecular formula is C76H62N4P2. The van der Waals surface area contributed by atoms with Crippen LogP contribution in [-0.4, -0.2) is 8.88 Å². The Hall–Kier alpha value is -8.66.